The third kappa shape index (κ3) is 2.69. The van der Waals surface area contributed by atoms with Crippen molar-refractivity contribution in [3.63, 3.8) is 0 Å². The van der Waals surface area contributed by atoms with Gasteiger partial charge < -0.3 is 0 Å². The predicted octanol–water partition coefficient (Wildman–Crippen LogP) is 3.14. The van der Waals surface area contributed by atoms with Gasteiger partial charge in [-0.05, 0) is 25.2 Å². The second-order valence-corrected chi connectivity index (χ2v) is 3.04. The van der Waals surface area contributed by atoms with Crippen LogP contribution in [-0.4, -0.2) is 0 Å². The summed E-state index contributed by atoms with van der Waals surface area (Å²) < 4.78 is 0. The van der Waals surface area contributed by atoms with Crippen LogP contribution in [0.3, 0.4) is 0 Å². The molecule has 0 aromatic carbocycles. The smallest absolute Gasteiger partial charge is 0.0262 e. The van der Waals surface area contributed by atoms with Crippen LogP contribution in [0.25, 0.3) is 0 Å². The van der Waals surface area contributed by atoms with Crippen molar-refractivity contribution >= 4 is 0 Å². The normalized spacial score (nSPS) is 29.2. The molecule has 52 valence electrons. The van der Waals surface area contributed by atoms with Gasteiger partial charge in [-0.2, -0.15) is 0 Å². The van der Waals surface area contributed by atoms with E-state index in [1.807, 2.05) is 0 Å². The molecule has 1 aliphatic rings. The number of hydrogen-bond acceptors (Lipinski definition) is 0. The maximum Gasteiger partial charge on any atom is -0.0262 e. The van der Waals surface area contributed by atoms with Crippen molar-refractivity contribution in [2.45, 2.75) is 39.0 Å². The molecule has 0 aromatic heterocycles. The Morgan fingerprint density at radius 2 is 2.11 bits per heavy atom. The predicted molar refractivity (Wildman–Crippen MR) is 41.4 cm³/mol. The highest BCUT2D eigenvalue weighted by atomic mass is 14.0. The standard InChI is InChI=1S/C9H16/c1-9-7-5-3-2-4-6-8-9/h5,7,9H,2-4,6,8H2,1H3. The zero-order valence-electron chi connectivity index (χ0n) is 6.27. The van der Waals surface area contributed by atoms with Crippen molar-refractivity contribution in [1.29, 1.82) is 0 Å². The topological polar surface area (TPSA) is 0 Å². The quantitative estimate of drug-likeness (QED) is 0.435. The largest absolute Gasteiger partial charge is 0.0883 e. The van der Waals surface area contributed by atoms with Crippen LogP contribution >= 0.6 is 0 Å². The Morgan fingerprint density at radius 1 is 1.22 bits per heavy atom. The highest BCUT2D eigenvalue weighted by molar-refractivity contribution is 4.87. The zero-order chi connectivity index (χ0) is 6.53. The van der Waals surface area contributed by atoms with Gasteiger partial charge in [-0.1, -0.05) is 31.9 Å². The van der Waals surface area contributed by atoms with Gasteiger partial charge in [0, 0.05) is 0 Å². The molecule has 0 heterocycles. The Balaban J connectivity index is 2.30. The van der Waals surface area contributed by atoms with E-state index < -0.39 is 0 Å². The minimum Gasteiger partial charge on any atom is -0.0883 e. The molecule has 0 aliphatic heterocycles. The van der Waals surface area contributed by atoms with E-state index >= 15 is 0 Å². The third-order valence-corrected chi connectivity index (χ3v) is 1.99. The molecule has 1 atom stereocenters. The molecule has 0 nitrogen and oxygen atoms in total. The van der Waals surface area contributed by atoms with E-state index in [1.54, 1.807) is 0 Å². The van der Waals surface area contributed by atoms with E-state index in [0.717, 1.165) is 5.92 Å². The molecule has 1 aliphatic carbocycles. The second kappa shape index (κ2) is 3.71. The van der Waals surface area contributed by atoms with Crippen molar-refractivity contribution in [3.05, 3.63) is 12.2 Å². The maximum absolute atomic E-state index is 2.36. The maximum atomic E-state index is 2.36. The first-order valence-corrected chi connectivity index (χ1v) is 4.06. The van der Waals surface area contributed by atoms with E-state index in [2.05, 4.69) is 19.1 Å². The molecule has 0 bridgehead atoms. The summed E-state index contributed by atoms with van der Waals surface area (Å²) in [4.78, 5) is 0. The summed E-state index contributed by atoms with van der Waals surface area (Å²) in [6, 6.07) is 0. The molecule has 1 unspecified atom stereocenters. The fraction of sp³-hybridized carbons (Fsp3) is 0.778. The van der Waals surface area contributed by atoms with Crippen LogP contribution in [0.2, 0.25) is 0 Å². The SMILES string of the molecule is CC1C=CCCCCC1. The van der Waals surface area contributed by atoms with Crippen molar-refractivity contribution in [1.82, 2.24) is 0 Å². The second-order valence-electron chi connectivity index (χ2n) is 3.04. The first-order valence-electron chi connectivity index (χ1n) is 4.06. The van der Waals surface area contributed by atoms with E-state index in [1.165, 1.54) is 32.1 Å². The van der Waals surface area contributed by atoms with Crippen molar-refractivity contribution in [2.75, 3.05) is 0 Å². The average molecular weight is 124 g/mol. The van der Waals surface area contributed by atoms with Crippen LogP contribution in [0.5, 0.6) is 0 Å². The summed E-state index contributed by atoms with van der Waals surface area (Å²) in [5, 5.41) is 0. The molecule has 0 N–H and O–H groups in total. The number of rotatable bonds is 0. The Hall–Kier alpha value is -0.260. The highest BCUT2D eigenvalue weighted by Crippen LogP contribution is 2.15. The summed E-state index contributed by atoms with van der Waals surface area (Å²) in [5.74, 6) is 0.838. The first-order chi connectivity index (χ1) is 4.39. The van der Waals surface area contributed by atoms with Gasteiger partial charge in [-0.15, -0.1) is 0 Å². The van der Waals surface area contributed by atoms with Crippen molar-refractivity contribution in [2.24, 2.45) is 5.92 Å². The van der Waals surface area contributed by atoms with Gasteiger partial charge in [0.15, 0.2) is 0 Å². The highest BCUT2D eigenvalue weighted by Gasteiger charge is 1.98. The van der Waals surface area contributed by atoms with Gasteiger partial charge in [-0.3, -0.25) is 0 Å². The summed E-state index contributed by atoms with van der Waals surface area (Å²) >= 11 is 0. The Morgan fingerprint density at radius 3 is 3.00 bits per heavy atom. The molecule has 0 amide bonds. The third-order valence-electron chi connectivity index (χ3n) is 1.99. The molecule has 0 spiro atoms. The monoisotopic (exact) mass is 124 g/mol. The van der Waals surface area contributed by atoms with Crippen LogP contribution in [0.1, 0.15) is 39.0 Å². The molecule has 0 heteroatoms. The van der Waals surface area contributed by atoms with Gasteiger partial charge in [0.2, 0.25) is 0 Å². The lowest BCUT2D eigenvalue weighted by atomic mass is 9.98. The lowest BCUT2D eigenvalue weighted by molar-refractivity contribution is 0.552. The minimum absolute atomic E-state index is 0.838. The number of allylic oxidation sites excluding steroid dienone is 2. The van der Waals surface area contributed by atoms with Crippen LogP contribution in [0.4, 0.5) is 0 Å². The first kappa shape index (κ1) is 6.85. The van der Waals surface area contributed by atoms with Gasteiger partial charge in [0.05, 0.1) is 0 Å². The number of hydrogen-bond donors (Lipinski definition) is 0. The van der Waals surface area contributed by atoms with Crippen LogP contribution < -0.4 is 0 Å². The molecule has 0 aromatic rings. The lowest BCUT2D eigenvalue weighted by Crippen LogP contribution is -1.92. The molecular weight excluding hydrogens is 108 g/mol. The van der Waals surface area contributed by atoms with Crippen LogP contribution in [0.15, 0.2) is 12.2 Å². The van der Waals surface area contributed by atoms with E-state index in [4.69, 9.17) is 0 Å². The molecule has 0 fully saturated rings. The Kier molecular flexibility index (Phi) is 2.82. The summed E-state index contributed by atoms with van der Waals surface area (Å²) in [7, 11) is 0. The molecule has 0 radical (unpaired) electrons. The molecule has 9 heavy (non-hydrogen) atoms. The zero-order valence-corrected chi connectivity index (χ0v) is 6.27. The van der Waals surface area contributed by atoms with E-state index in [-0.39, 0.29) is 0 Å². The Labute approximate surface area is 58.0 Å². The molecule has 1 rings (SSSR count). The van der Waals surface area contributed by atoms with Gasteiger partial charge in [0.25, 0.3) is 0 Å². The Bertz CT molecular complexity index is 92.2. The summed E-state index contributed by atoms with van der Waals surface area (Å²) in [6.07, 6.45) is 11.7. The molecule has 0 saturated heterocycles. The van der Waals surface area contributed by atoms with Crippen LogP contribution in [-0.2, 0) is 0 Å². The minimum atomic E-state index is 0.838. The van der Waals surface area contributed by atoms with Gasteiger partial charge >= 0.3 is 0 Å². The van der Waals surface area contributed by atoms with Crippen LogP contribution in [0, 0.1) is 5.92 Å². The van der Waals surface area contributed by atoms with Gasteiger partial charge in [0.1, 0.15) is 0 Å². The van der Waals surface area contributed by atoms with Crippen molar-refractivity contribution in [3.8, 4) is 0 Å². The van der Waals surface area contributed by atoms with Gasteiger partial charge in [-0.25, -0.2) is 0 Å². The fourth-order valence-electron chi connectivity index (χ4n) is 1.33. The van der Waals surface area contributed by atoms with Crippen molar-refractivity contribution < 1.29 is 0 Å². The average Bonchev–Trinajstić information content (AvgIpc) is 1.79. The summed E-state index contributed by atoms with van der Waals surface area (Å²) in [5.41, 5.74) is 0. The molecule has 0 saturated carbocycles. The molecular formula is C9H16. The summed E-state index contributed by atoms with van der Waals surface area (Å²) in [6.45, 7) is 2.31. The van der Waals surface area contributed by atoms with E-state index in [0.29, 0.717) is 0 Å². The fourth-order valence-corrected chi connectivity index (χ4v) is 1.33. The lowest BCUT2D eigenvalue weighted by Gasteiger charge is -2.08. The van der Waals surface area contributed by atoms with E-state index in [9.17, 15) is 0 Å².